The topological polar surface area (TPSA) is 86.1 Å². The quantitative estimate of drug-likeness (QED) is 0.627. The van der Waals surface area contributed by atoms with Crippen molar-refractivity contribution >= 4 is 35.5 Å². The van der Waals surface area contributed by atoms with Crippen LogP contribution in [0.2, 0.25) is 5.15 Å². The van der Waals surface area contributed by atoms with Gasteiger partial charge in [-0.2, -0.15) is 9.64 Å². The van der Waals surface area contributed by atoms with Gasteiger partial charge in [0.15, 0.2) is 5.15 Å². The van der Waals surface area contributed by atoms with Crippen LogP contribution >= 0.6 is 23.1 Å². The zero-order chi connectivity index (χ0) is 12.1. The highest BCUT2D eigenvalue weighted by atomic mass is 35.5. The predicted octanol–water partition coefficient (Wildman–Crippen LogP) is 0.444. The third-order valence-corrected chi connectivity index (χ3v) is 2.86. The molecule has 2 amide bonds. The summed E-state index contributed by atoms with van der Waals surface area (Å²) in [6.45, 7) is 0.0583. The van der Waals surface area contributed by atoms with Crippen LogP contribution in [0.4, 0.5) is 0 Å². The van der Waals surface area contributed by atoms with Crippen molar-refractivity contribution in [2.75, 3.05) is 13.7 Å². The third kappa shape index (κ3) is 2.68. The van der Waals surface area contributed by atoms with E-state index < -0.39 is 5.91 Å². The van der Waals surface area contributed by atoms with E-state index in [-0.39, 0.29) is 22.3 Å². The van der Waals surface area contributed by atoms with Crippen molar-refractivity contribution in [3.63, 3.8) is 0 Å². The lowest BCUT2D eigenvalue weighted by Gasteiger charge is -2.10. The van der Waals surface area contributed by atoms with Gasteiger partial charge in [-0.25, -0.2) is 0 Å². The Morgan fingerprint density at radius 2 is 2.50 bits per heavy atom. The fourth-order valence-corrected chi connectivity index (χ4v) is 1.78. The first-order valence-electron chi connectivity index (χ1n) is 4.09. The van der Waals surface area contributed by atoms with Crippen LogP contribution in [-0.4, -0.2) is 35.3 Å². The second kappa shape index (κ2) is 5.44. The molecule has 0 fully saturated rings. The summed E-state index contributed by atoms with van der Waals surface area (Å²) in [5.41, 5.74) is 0.0536. The number of hydrogen-bond donors (Lipinski definition) is 1. The van der Waals surface area contributed by atoms with Gasteiger partial charge in [-0.3, -0.25) is 9.59 Å². The minimum absolute atomic E-state index is 0.0152. The van der Waals surface area contributed by atoms with E-state index in [0.29, 0.717) is 6.41 Å². The second-order valence-corrected chi connectivity index (χ2v) is 3.95. The molecule has 0 aromatic carbocycles. The summed E-state index contributed by atoms with van der Waals surface area (Å²) in [4.78, 5) is 23.2. The van der Waals surface area contributed by atoms with Gasteiger partial charge in [0.05, 0.1) is 6.67 Å². The molecule has 84 valence electrons. The zero-order valence-electron chi connectivity index (χ0n) is 8.23. The van der Waals surface area contributed by atoms with E-state index in [1.54, 1.807) is 6.07 Å². The summed E-state index contributed by atoms with van der Waals surface area (Å²) in [5, 5.41) is 11.2. The van der Waals surface area contributed by atoms with Crippen molar-refractivity contribution in [2.45, 2.75) is 0 Å². The Hall–Kier alpha value is -1.65. The van der Waals surface area contributed by atoms with Crippen molar-refractivity contribution < 1.29 is 9.59 Å². The molecule has 1 aromatic rings. The zero-order valence-corrected chi connectivity index (χ0v) is 9.80. The summed E-state index contributed by atoms with van der Waals surface area (Å²) < 4.78 is 3.70. The maximum Gasteiger partial charge on any atom is 0.265 e. The largest absolute Gasteiger partial charge is 0.334 e. The first-order valence-corrected chi connectivity index (χ1v) is 5.24. The van der Waals surface area contributed by atoms with Crippen molar-refractivity contribution in [1.82, 2.24) is 14.6 Å². The number of rotatable bonds is 4. The first-order chi connectivity index (χ1) is 7.60. The van der Waals surface area contributed by atoms with Gasteiger partial charge in [0.1, 0.15) is 16.5 Å². The Labute approximate surface area is 101 Å². The van der Waals surface area contributed by atoms with Gasteiger partial charge in [0.2, 0.25) is 6.41 Å². The first kappa shape index (κ1) is 12.4. The van der Waals surface area contributed by atoms with E-state index in [9.17, 15) is 9.59 Å². The average molecular weight is 259 g/mol. The van der Waals surface area contributed by atoms with Gasteiger partial charge in [-0.1, -0.05) is 11.6 Å². The maximum absolute atomic E-state index is 11.6. The Morgan fingerprint density at radius 3 is 3.06 bits per heavy atom. The van der Waals surface area contributed by atoms with Crippen LogP contribution in [0.15, 0.2) is 0 Å². The monoisotopic (exact) mass is 258 g/mol. The SMILES string of the molecule is CN(C=O)CNC(=O)c1snc(Cl)c1C#N. The normalized spacial score (nSPS) is 9.31. The standard InChI is InChI=1S/C8H7ClN4O2S/c1-13(4-14)3-11-8(15)6-5(2-10)7(9)12-16-6/h4H,3H2,1H3,(H,11,15). The lowest BCUT2D eigenvalue weighted by Crippen LogP contribution is -2.34. The van der Waals surface area contributed by atoms with E-state index in [4.69, 9.17) is 16.9 Å². The minimum Gasteiger partial charge on any atom is -0.334 e. The molecule has 0 aliphatic rings. The highest BCUT2D eigenvalue weighted by Crippen LogP contribution is 2.21. The molecule has 0 bridgehead atoms. The van der Waals surface area contributed by atoms with Crippen LogP contribution in [0.25, 0.3) is 0 Å². The van der Waals surface area contributed by atoms with Gasteiger partial charge in [-0.05, 0) is 11.5 Å². The van der Waals surface area contributed by atoms with E-state index in [1.807, 2.05) is 0 Å². The number of nitrogens with one attached hydrogen (secondary N) is 1. The summed E-state index contributed by atoms with van der Waals surface area (Å²) in [6.07, 6.45) is 0.575. The fraction of sp³-hybridized carbons (Fsp3) is 0.250. The van der Waals surface area contributed by atoms with Crippen LogP contribution in [0.5, 0.6) is 0 Å². The van der Waals surface area contributed by atoms with E-state index in [0.717, 1.165) is 11.5 Å². The van der Waals surface area contributed by atoms with Gasteiger partial charge in [0.25, 0.3) is 5.91 Å². The molecule has 0 aliphatic heterocycles. The van der Waals surface area contributed by atoms with Crippen LogP contribution in [0, 0.1) is 11.3 Å². The average Bonchev–Trinajstić information content (AvgIpc) is 2.66. The highest BCUT2D eigenvalue weighted by Gasteiger charge is 2.18. The van der Waals surface area contributed by atoms with Crippen LogP contribution in [0.1, 0.15) is 15.2 Å². The fourth-order valence-electron chi connectivity index (χ4n) is 0.837. The molecule has 0 atom stereocenters. The molecule has 0 spiro atoms. The van der Waals surface area contributed by atoms with Crippen LogP contribution in [-0.2, 0) is 4.79 Å². The van der Waals surface area contributed by atoms with Gasteiger partial charge >= 0.3 is 0 Å². The molecule has 1 aromatic heterocycles. The molecule has 1 rings (SSSR count). The maximum atomic E-state index is 11.6. The molecule has 0 unspecified atom stereocenters. The molecular formula is C8H7ClN4O2S. The Kier molecular flexibility index (Phi) is 4.22. The lowest BCUT2D eigenvalue weighted by atomic mass is 10.3. The summed E-state index contributed by atoms with van der Waals surface area (Å²) in [6, 6.07) is 1.80. The Morgan fingerprint density at radius 1 is 1.81 bits per heavy atom. The highest BCUT2D eigenvalue weighted by molar-refractivity contribution is 7.08. The van der Waals surface area contributed by atoms with Crippen molar-refractivity contribution in [2.24, 2.45) is 0 Å². The number of nitrogens with zero attached hydrogens (tertiary/aromatic N) is 3. The minimum atomic E-state index is -0.477. The van der Waals surface area contributed by atoms with Crippen molar-refractivity contribution in [3.05, 3.63) is 15.6 Å². The second-order valence-electron chi connectivity index (χ2n) is 2.82. The Bertz CT molecular complexity index is 453. The number of halogens is 1. The Balaban J connectivity index is 2.74. The van der Waals surface area contributed by atoms with Gasteiger partial charge in [-0.15, -0.1) is 0 Å². The molecule has 8 heteroatoms. The summed E-state index contributed by atoms with van der Waals surface area (Å²) in [7, 11) is 1.51. The molecule has 0 saturated carbocycles. The molecule has 0 radical (unpaired) electrons. The number of amides is 2. The van der Waals surface area contributed by atoms with E-state index in [2.05, 4.69) is 9.69 Å². The van der Waals surface area contributed by atoms with E-state index in [1.165, 1.54) is 11.9 Å². The lowest BCUT2D eigenvalue weighted by molar-refractivity contribution is -0.117. The molecule has 0 saturated heterocycles. The van der Waals surface area contributed by atoms with Crippen molar-refractivity contribution in [3.8, 4) is 6.07 Å². The van der Waals surface area contributed by atoms with Crippen molar-refractivity contribution in [1.29, 1.82) is 5.26 Å². The van der Waals surface area contributed by atoms with E-state index >= 15 is 0 Å². The number of carbonyl (C=O) groups excluding carboxylic acids is 2. The smallest absolute Gasteiger partial charge is 0.265 e. The molecule has 1 heterocycles. The van der Waals surface area contributed by atoms with Gasteiger partial charge in [0, 0.05) is 7.05 Å². The summed E-state index contributed by atoms with van der Waals surface area (Å²) >= 11 is 6.45. The number of hydrogen-bond acceptors (Lipinski definition) is 5. The third-order valence-electron chi connectivity index (χ3n) is 1.64. The predicted molar refractivity (Wildman–Crippen MR) is 58.0 cm³/mol. The van der Waals surface area contributed by atoms with Crippen LogP contribution in [0.3, 0.4) is 0 Å². The number of nitriles is 1. The van der Waals surface area contributed by atoms with Crippen LogP contribution < -0.4 is 5.32 Å². The van der Waals surface area contributed by atoms with Gasteiger partial charge < -0.3 is 10.2 Å². The number of aromatic nitrogens is 1. The molecule has 16 heavy (non-hydrogen) atoms. The number of carbonyl (C=O) groups is 2. The summed E-state index contributed by atoms with van der Waals surface area (Å²) in [5.74, 6) is -0.477. The molecular weight excluding hydrogens is 252 g/mol. The molecule has 1 N–H and O–H groups in total. The molecule has 6 nitrogen and oxygen atoms in total. The molecule has 0 aliphatic carbocycles.